The van der Waals surface area contributed by atoms with Gasteiger partial charge in [0.2, 0.25) is 6.79 Å². The summed E-state index contributed by atoms with van der Waals surface area (Å²) in [6.07, 6.45) is 1.36. The van der Waals surface area contributed by atoms with Gasteiger partial charge in [-0.25, -0.2) is 4.79 Å². The Hall–Kier alpha value is -2.63. The number of hydrogen-bond acceptors (Lipinski definition) is 5. The first-order chi connectivity index (χ1) is 9.24. The predicted octanol–water partition coefficient (Wildman–Crippen LogP) is 2.32. The van der Waals surface area contributed by atoms with Gasteiger partial charge in [0.1, 0.15) is 11.3 Å². The van der Waals surface area contributed by atoms with Crippen molar-refractivity contribution in [2.24, 2.45) is 0 Å². The number of ether oxygens (including phenoxy) is 2. The number of nitrogens with one attached hydrogen (secondary N) is 1. The van der Waals surface area contributed by atoms with E-state index in [1.54, 1.807) is 12.1 Å². The Morgan fingerprint density at radius 2 is 2.11 bits per heavy atom. The summed E-state index contributed by atoms with van der Waals surface area (Å²) in [5, 5.41) is 12.0. The van der Waals surface area contributed by atoms with Crippen molar-refractivity contribution in [2.45, 2.75) is 6.54 Å². The van der Waals surface area contributed by atoms with Crippen LogP contribution >= 0.6 is 0 Å². The fourth-order valence-corrected chi connectivity index (χ4v) is 1.86. The largest absolute Gasteiger partial charge is 0.478 e. The number of carbonyl (C=O) groups is 1. The van der Waals surface area contributed by atoms with Crippen LogP contribution in [0.2, 0.25) is 0 Å². The average molecular weight is 261 g/mol. The summed E-state index contributed by atoms with van der Waals surface area (Å²) in [5.41, 5.74) is 0.963. The zero-order chi connectivity index (χ0) is 13.2. The monoisotopic (exact) mass is 261 g/mol. The number of carboxylic acids is 1. The molecule has 0 radical (unpaired) electrons. The number of hydrogen-bond donors (Lipinski definition) is 2. The van der Waals surface area contributed by atoms with Crippen LogP contribution in [0.3, 0.4) is 0 Å². The van der Waals surface area contributed by atoms with Crippen LogP contribution in [0.5, 0.6) is 11.5 Å². The van der Waals surface area contributed by atoms with E-state index in [2.05, 4.69) is 5.32 Å². The van der Waals surface area contributed by atoms with Crippen molar-refractivity contribution in [3.63, 3.8) is 0 Å². The number of furan rings is 1. The molecule has 0 saturated carbocycles. The third-order valence-electron chi connectivity index (χ3n) is 2.80. The van der Waals surface area contributed by atoms with E-state index in [0.717, 1.165) is 5.69 Å². The second-order valence-electron chi connectivity index (χ2n) is 3.98. The number of carboxylic acid groups (broad SMARTS) is 1. The minimum absolute atomic E-state index is 0.160. The lowest BCUT2D eigenvalue weighted by Crippen LogP contribution is -2.04. The third-order valence-corrected chi connectivity index (χ3v) is 2.80. The first kappa shape index (κ1) is 11.5. The summed E-state index contributed by atoms with van der Waals surface area (Å²) < 4.78 is 15.6. The number of aromatic carboxylic acids is 1. The quantitative estimate of drug-likeness (QED) is 0.879. The number of anilines is 1. The van der Waals surface area contributed by atoms with E-state index in [1.807, 2.05) is 6.07 Å². The molecular formula is C13H11NO5. The van der Waals surface area contributed by atoms with E-state index >= 15 is 0 Å². The van der Waals surface area contributed by atoms with Crippen molar-refractivity contribution in [1.82, 2.24) is 0 Å². The highest BCUT2D eigenvalue weighted by atomic mass is 16.7. The third kappa shape index (κ3) is 2.20. The predicted molar refractivity (Wildman–Crippen MR) is 65.6 cm³/mol. The molecule has 2 aromatic rings. The van der Waals surface area contributed by atoms with Crippen LogP contribution in [0.15, 0.2) is 34.9 Å². The Morgan fingerprint density at radius 3 is 2.95 bits per heavy atom. The minimum atomic E-state index is -1.00. The molecule has 0 aliphatic carbocycles. The van der Waals surface area contributed by atoms with Gasteiger partial charge in [-0.05, 0) is 18.2 Å². The van der Waals surface area contributed by atoms with Crippen molar-refractivity contribution >= 4 is 11.7 Å². The Labute approximate surface area is 108 Å². The molecule has 2 N–H and O–H groups in total. The van der Waals surface area contributed by atoms with Crippen molar-refractivity contribution in [2.75, 3.05) is 12.1 Å². The van der Waals surface area contributed by atoms with Gasteiger partial charge in [-0.15, -0.1) is 0 Å². The molecule has 6 heteroatoms. The second-order valence-corrected chi connectivity index (χ2v) is 3.98. The van der Waals surface area contributed by atoms with Crippen molar-refractivity contribution in [3.05, 3.63) is 41.9 Å². The lowest BCUT2D eigenvalue weighted by molar-refractivity contribution is 0.0694. The van der Waals surface area contributed by atoms with Gasteiger partial charge in [-0.1, -0.05) is 0 Å². The van der Waals surface area contributed by atoms with Crippen LogP contribution in [0.4, 0.5) is 5.69 Å². The summed E-state index contributed by atoms with van der Waals surface area (Å²) >= 11 is 0. The molecule has 1 aliphatic rings. The van der Waals surface area contributed by atoms with Crippen LogP contribution < -0.4 is 14.8 Å². The van der Waals surface area contributed by atoms with Crippen LogP contribution in [-0.2, 0) is 6.54 Å². The molecule has 0 saturated heterocycles. The van der Waals surface area contributed by atoms with Gasteiger partial charge in [-0.2, -0.15) is 0 Å². The molecule has 2 heterocycles. The molecule has 1 aliphatic heterocycles. The highest BCUT2D eigenvalue weighted by Crippen LogP contribution is 2.34. The number of benzene rings is 1. The van der Waals surface area contributed by atoms with Gasteiger partial charge in [0.25, 0.3) is 0 Å². The molecule has 0 unspecified atom stereocenters. The van der Waals surface area contributed by atoms with Gasteiger partial charge in [0, 0.05) is 11.8 Å². The Kier molecular flexibility index (Phi) is 2.75. The normalized spacial score (nSPS) is 12.4. The molecule has 19 heavy (non-hydrogen) atoms. The fraction of sp³-hybridized carbons (Fsp3) is 0.154. The highest BCUT2D eigenvalue weighted by Gasteiger charge is 2.15. The summed E-state index contributed by atoms with van der Waals surface area (Å²) in [6, 6.07) is 6.85. The molecule has 0 amide bonds. The van der Waals surface area contributed by atoms with E-state index in [0.29, 0.717) is 17.3 Å². The van der Waals surface area contributed by atoms with Crippen molar-refractivity contribution < 1.29 is 23.8 Å². The molecule has 1 aromatic heterocycles. The van der Waals surface area contributed by atoms with Crippen LogP contribution in [0, 0.1) is 0 Å². The van der Waals surface area contributed by atoms with E-state index in [9.17, 15) is 4.79 Å². The molecular weight excluding hydrogens is 250 g/mol. The summed E-state index contributed by atoms with van der Waals surface area (Å²) in [5.74, 6) is 0.749. The highest BCUT2D eigenvalue weighted by molar-refractivity contribution is 5.88. The van der Waals surface area contributed by atoms with Crippen LogP contribution in [-0.4, -0.2) is 17.9 Å². The summed E-state index contributed by atoms with van der Waals surface area (Å²) in [4.78, 5) is 10.9. The molecule has 0 fully saturated rings. The maximum absolute atomic E-state index is 10.9. The molecule has 1 aromatic carbocycles. The summed E-state index contributed by atoms with van der Waals surface area (Å²) in [6.45, 7) is 0.508. The average Bonchev–Trinajstić information content (AvgIpc) is 3.04. The Bertz CT molecular complexity index is 619. The topological polar surface area (TPSA) is 80.9 Å². The zero-order valence-electron chi connectivity index (χ0n) is 9.88. The van der Waals surface area contributed by atoms with Gasteiger partial charge in [-0.3, -0.25) is 0 Å². The first-order valence-corrected chi connectivity index (χ1v) is 5.67. The lowest BCUT2D eigenvalue weighted by Gasteiger charge is -2.06. The molecule has 0 bridgehead atoms. The zero-order valence-corrected chi connectivity index (χ0v) is 9.88. The maximum Gasteiger partial charge on any atom is 0.339 e. The second kappa shape index (κ2) is 4.56. The lowest BCUT2D eigenvalue weighted by atomic mass is 10.2. The van der Waals surface area contributed by atoms with Crippen molar-refractivity contribution in [3.8, 4) is 11.5 Å². The van der Waals surface area contributed by atoms with Crippen LogP contribution in [0.1, 0.15) is 16.1 Å². The Morgan fingerprint density at radius 1 is 1.26 bits per heavy atom. The van der Waals surface area contributed by atoms with Gasteiger partial charge >= 0.3 is 5.97 Å². The Balaban J connectivity index is 1.72. The maximum atomic E-state index is 10.9. The SMILES string of the molecule is O=C(O)c1ccoc1CNc1ccc2c(c1)OCO2. The standard InChI is InChI=1S/C13H11NO5/c15-13(16)9-3-4-17-12(9)6-14-8-1-2-10-11(5-8)19-7-18-10/h1-5,14H,6-7H2,(H,15,16). The van der Waals surface area contributed by atoms with E-state index in [-0.39, 0.29) is 18.9 Å². The van der Waals surface area contributed by atoms with E-state index in [4.69, 9.17) is 19.0 Å². The van der Waals surface area contributed by atoms with E-state index < -0.39 is 5.97 Å². The molecule has 0 spiro atoms. The van der Waals surface area contributed by atoms with E-state index in [1.165, 1.54) is 12.3 Å². The molecule has 6 nitrogen and oxygen atoms in total. The molecule has 3 rings (SSSR count). The first-order valence-electron chi connectivity index (χ1n) is 5.67. The summed E-state index contributed by atoms with van der Waals surface area (Å²) in [7, 11) is 0. The van der Waals surface area contributed by atoms with Gasteiger partial charge in [0.15, 0.2) is 11.5 Å². The smallest absolute Gasteiger partial charge is 0.339 e. The number of rotatable bonds is 4. The minimum Gasteiger partial charge on any atom is -0.478 e. The molecule has 0 atom stereocenters. The van der Waals surface area contributed by atoms with Gasteiger partial charge in [0.05, 0.1) is 12.8 Å². The fourth-order valence-electron chi connectivity index (χ4n) is 1.86. The van der Waals surface area contributed by atoms with Crippen LogP contribution in [0.25, 0.3) is 0 Å². The number of fused-ring (bicyclic) bond motifs is 1. The molecule has 98 valence electrons. The van der Waals surface area contributed by atoms with Gasteiger partial charge < -0.3 is 24.3 Å². The van der Waals surface area contributed by atoms with Crippen molar-refractivity contribution in [1.29, 1.82) is 0 Å².